The summed E-state index contributed by atoms with van der Waals surface area (Å²) in [6.45, 7) is 1.84. The van der Waals surface area contributed by atoms with Crippen LogP contribution in [0.4, 0.5) is 0 Å². The average Bonchev–Trinajstić information content (AvgIpc) is 3.41. The monoisotopic (exact) mass is 362 g/mol. The minimum absolute atomic E-state index is 0.0259. The first-order valence-electron chi connectivity index (χ1n) is 9.47. The van der Waals surface area contributed by atoms with Crippen LogP contribution < -0.4 is 11.4 Å². The lowest BCUT2D eigenvalue weighted by Gasteiger charge is -2.09. The molecule has 0 radical (unpaired) electrons. The van der Waals surface area contributed by atoms with Gasteiger partial charge in [0.05, 0.1) is 34.8 Å². The maximum Gasteiger partial charge on any atom is 0.329 e. The van der Waals surface area contributed by atoms with Gasteiger partial charge in [-0.1, -0.05) is 12.1 Å². The molecule has 4 aromatic rings. The van der Waals surface area contributed by atoms with Gasteiger partial charge < -0.3 is 10.3 Å². The van der Waals surface area contributed by atoms with E-state index >= 15 is 0 Å². The zero-order chi connectivity index (χ0) is 18.4. The average molecular weight is 362 g/mol. The van der Waals surface area contributed by atoms with Gasteiger partial charge in [-0.25, -0.2) is 9.78 Å². The lowest BCUT2D eigenvalue weighted by Crippen LogP contribution is -2.25. The van der Waals surface area contributed by atoms with Gasteiger partial charge in [-0.05, 0) is 44.0 Å². The van der Waals surface area contributed by atoms with Gasteiger partial charge in [-0.15, -0.1) is 0 Å². The van der Waals surface area contributed by atoms with E-state index in [1.165, 1.54) is 0 Å². The van der Waals surface area contributed by atoms with Crippen LogP contribution in [0.5, 0.6) is 0 Å². The molecule has 1 fully saturated rings. The van der Waals surface area contributed by atoms with Crippen LogP contribution in [0, 0.1) is 0 Å². The molecule has 1 saturated carbocycles. The summed E-state index contributed by atoms with van der Waals surface area (Å²) in [6, 6.07) is 10.3. The smallest absolute Gasteiger partial charge is 0.329 e. The first-order valence-corrected chi connectivity index (χ1v) is 9.47. The molecule has 0 unspecified atom stereocenters. The minimum atomic E-state index is 0.0259. The summed E-state index contributed by atoms with van der Waals surface area (Å²) in [5.41, 5.74) is 9.61. The summed E-state index contributed by atoms with van der Waals surface area (Å²) in [4.78, 5) is 22.2. The van der Waals surface area contributed by atoms with E-state index < -0.39 is 0 Å². The molecule has 0 aliphatic heterocycles. The van der Waals surface area contributed by atoms with E-state index in [1.807, 2.05) is 28.8 Å². The molecule has 1 aliphatic rings. The quantitative estimate of drug-likeness (QED) is 0.570. The topological polar surface area (TPSA) is 83.7 Å². The number of nitrogens with two attached hydrogens (primary N) is 1. The standard InChI is InChI=1S/C20H22N6O/c21-9-3-11-24-16-5-2-1-4-15(16)23-19(24)13-25-18-12-22-10-8-17(18)26(20(25)27)14-6-7-14/h1-2,4-5,8,10,12,14H,3,6-7,9,11,13,21H2. The highest BCUT2D eigenvalue weighted by Crippen LogP contribution is 2.36. The number of hydrogen-bond acceptors (Lipinski definition) is 4. The third-order valence-electron chi connectivity index (χ3n) is 5.30. The third-order valence-corrected chi connectivity index (χ3v) is 5.30. The first-order chi connectivity index (χ1) is 13.3. The number of aryl methyl sites for hydroxylation is 1. The second-order valence-corrected chi connectivity index (χ2v) is 7.14. The van der Waals surface area contributed by atoms with Crippen molar-refractivity contribution in [3.8, 4) is 0 Å². The lowest BCUT2D eigenvalue weighted by atomic mass is 10.3. The van der Waals surface area contributed by atoms with Gasteiger partial charge in [0.2, 0.25) is 0 Å². The van der Waals surface area contributed by atoms with E-state index in [1.54, 1.807) is 17.0 Å². The molecule has 138 valence electrons. The maximum absolute atomic E-state index is 13.2. The summed E-state index contributed by atoms with van der Waals surface area (Å²) in [7, 11) is 0. The highest BCUT2D eigenvalue weighted by molar-refractivity contribution is 5.77. The fraction of sp³-hybridized carbons (Fsp3) is 0.350. The van der Waals surface area contributed by atoms with Crippen LogP contribution in [0.2, 0.25) is 0 Å². The molecule has 0 saturated heterocycles. The van der Waals surface area contributed by atoms with Gasteiger partial charge in [-0.2, -0.15) is 0 Å². The molecule has 3 heterocycles. The minimum Gasteiger partial charge on any atom is -0.330 e. The van der Waals surface area contributed by atoms with Crippen LogP contribution in [0.1, 0.15) is 31.1 Å². The van der Waals surface area contributed by atoms with Crippen molar-refractivity contribution >= 4 is 22.1 Å². The normalized spacial score (nSPS) is 14.4. The number of benzene rings is 1. The fourth-order valence-corrected chi connectivity index (χ4v) is 3.85. The lowest BCUT2D eigenvalue weighted by molar-refractivity contribution is 0.597. The van der Waals surface area contributed by atoms with Crippen molar-refractivity contribution in [1.29, 1.82) is 0 Å². The van der Waals surface area contributed by atoms with E-state index in [-0.39, 0.29) is 5.69 Å². The van der Waals surface area contributed by atoms with Gasteiger partial charge in [0.25, 0.3) is 0 Å². The SMILES string of the molecule is NCCCn1c(Cn2c(=O)n(C3CC3)c3ccncc32)nc2ccccc21. The second kappa shape index (κ2) is 6.35. The summed E-state index contributed by atoms with van der Waals surface area (Å²) >= 11 is 0. The molecular formula is C20H22N6O. The van der Waals surface area contributed by atoms with Crippen molar-refractivity contribution in [2.24, 2.45) is 5.73 Å². The van der Waals surface area contributed by atoms with E-state index in [9.17, 15) is 4.79 Å². The summed E-state index contributed by atoms with van der Waals surface area (Å²) in [5.74, 6) is 0.880. The molecule has 5 rings (SSSR count). The van der Waals surface area contributed by atoms with Gasteiger partial charge in [-0.3, -0.25) is 14.1 Å². The number of fused-ring (bicyclic) bond motifs is 2. The van der Waals surface area contributed by atoms with E-state index in [0.29, 0.717) is 19.1 Å². The van der Waals surface area contributed by atoms with Gasteiger partial charge in [0, 0.05) is 18.8 Å². The van der Waals surface area contributed by atoms with Crippen molar-refractivity contribution in [3.63, 3.8) is 0 Å². The van der Waals surface area contributed by atoms with Crippen LogP contribution in [0.25, 0.3) is 22.1 Å². The Labute approximate surface area is 156 Å². The molecule has 7 nitrogen and oxygen atoms in total. The Bertz CT molecular complexity index is 1180. The van der Waals surface area contributed by atoms with Crippen molar-refractivity contribution in [1.82, 2.24) is 23.7 Å². The zero-order valence-electron chi connectivity index (χ0n) is 15.1. The Hall–Kier alpha value is -2.93. The zero-order valence-corrected chi connectivity index (χ0v) is 15.1. The molecule has 1 aliphatic carbocycles. The fourth-order valence-electron chi connectivity index (χ4n) is 3.85. The van der Waals surface area contributed by atoms with Crippen molar-refractivity contribution in [3.05, 3.63) is 59.0 Å². The van der Waals surface area contributed by atoms with Crippen LogP contribution in [0.15, 0.2) is 47.5 Å². The number of pyridine rings is 1. The number of nitrogens with zero attached hydrogens (tertiary/aromatic N) is 5. The van der Waals surface area contributed by atoms with Gasteiger partial charge in [0.1, 0.15) is 5.82 Å². The molecule has 1 aromatic carbocycles. The number of rotatable bonds is 6. The van der Waals surface area contributed by atoms with Gasteiger partial charge in [0.15, 0.2) is 0 Å². The first kappa shape index (κ1) is 16.3. The second-order valence-electron chi connectivity index (χ2n) is 7.14. The molecule has 0 spiro atoms. The maximum atomic E-state index is 13.2. The Balaban J connectivity index is 1.66. The van der Waals surface area contributed by atoms with E-state index in [2.05, 4.69) is 15.6 Å². The van der Waals surface area contributed by atoms with Crippen LogP contribution in [-0.4, -0.2) is 30.2 Å². The molecule has 0 bridgehead atoms. The van der Waals surface area contributed by atoms with Gasteiger partial charge >= 0.3 is 5.69 Å². The molecule has 0 atom stereocenters. The predicted molar refractivity (Wildman–Crippen MR) is 105 cm³/mol. The van der Waals surface area contributed by atoms with Crippen molar-refractivity contribution < 1.29 is 0 Å². The number of imidazole rings is 2. The summed E-state index contributed by atoms with van der Waals surface area (Å²) in [5, 5.41) is 0. The van der Waals surface area contributed by atoms with Crippen LogP contribution >= 0.6 is 0 Å². The predicted octanol–water partition coefficient (Wildman–Crippen LogP) is 2.28. The molecule has 2 N–H and O–H groups in total. The highest BCUT2D eigenvalue weighted by Gasteiger charge is 2.29. The Kier molecular flexibility index (Phi) is 3.82. The Morgan fingerprint density at radius 3 is 2.74 bits per heavy atom. The molecule has 3 aromatic heterocycles. The Morgan fingerprint density at radius 1 is 1.07 bits per heavy atom. The molecule has 7 heteroatoms. The molecule has 27 heavy (non-hydrogen) atoms. The Morgan fingerprint density at radius 2 is 1.93 bits per heavy atom. The van der Waals surface area contributed by atoms with E-state index in [4.69, 9.17) is 10.7 Å². The summed E-state index contributed by atoms with van der Waals surface area (Å²) in [6.07, 6.45) is 6.53. The van der Waals surface area contributed by atoms with Crippen molar-refractivity contribution in [2.75, 3.05) is 6.54 Å². The van der Waals surface area contributed by atoms with Crippen molar-refractivity contribution in [2.45, 2.75) is 38.4 Å². The summed E-state index contributed by atoms with van der Waals surface area (Å²) < 4.78 is 5.91. The molecule has 0 amide bonds. The highest BCUT2D eigenvalue weighted by atomic mass is 16.1. The van der Waals surface area contributed by atoms with E-state index in [0.717, 1.165) is 53.7 Å². The van der Waals surface area contributed by atoms with Crippen LogP contribution in [0.3, 0.4) is 0 Å². The number of aromatic nitrogens is 5. The van der Waals surface area contributed by atoms with Crippen LogP contribution in [-0.2, 0) is 13.1 Å². The molecular weight excluding hydrogens is 340 g/mol. The number of para-hydroxylation sites is 2. The number of hydrogen-bond donors (Lipinski definition) is 1. The third kappa shape index (κ3) is 2.66. The largest absolute Gasteiger partial charge is 0.330 e.